The lowest BCUT2D eigenvalue weighted by atomic mass is 9.95. The van der Waals surface area contributed by atoms with Crippen molar-refractivity contribution in [3.05, 3.63) is 136 Å². The minimum absolute atomic E-state index is 0.000965. The summed E-state index contributed by atoms with van der Waals surface area (Å²) in [6.07, 6.45) is 2.59. The number of ether oxygens (including phenoxy) is 1. The Morgan fingerprint density at radius 3 is 1.94 bits per heavy atom. The average molecular weight is 1440 g/mol. The van der Waals surface area contributed by atoms with Gasteiger partial charge in [0.05, 0.1) is 13.2 Å². The number of aromatic amines is 2. The number of hydrogen-bond donors (Lipinski definition) is 12. The van der Waals surface area contributed by atoms with Crippen molar-refractivity contribution in [2.24, 2.45) is 11.5 Å². The highest BCUT2D eigenvalue weighted by Gasteiger charge is 2.49. The summed E-state index contributed by atoms with van der Waals surface area (Å²) >= 11 is 9.35. The maximum atomic E-state index is 15.4. The number of hydrogen-bond acceptors (Lipinski definition) is 15. The van der Waals surface area contributed by atoms with Crippen molar-refractivity contribution in [3.63, 3.8) is 0 Å². The molecular weight excluding hydrogens is 1350 g/mol. The number of amides is 10. The Bertz CT molecular complexity index is 3990. The van der Waals surface area contributed by atoms with E-state index in [9.17, 15) is 43.1 Å². The zero-order valence-corrected chi connectivity index (χ0v) is 58.4. The third-order valence-corrected chi connectivity index (χ3v) is 20.7. The van der Waals surface area contributed by atoms with Crippen molar-refractivity contribution in [2.45, 2.75) is 163 Å². The van der Waals surface area contributed by atoms with Crippen LogP contribution in [0.15, 0.2) is 91.3 Å². The number of nitrogens with one attached hydrogen (secondary N) is 9. The molecule has 3 aliphatic heterocycles. The lowest BCUT2D eigenvalue weighted by Gasteiger charge is -2.37. The van der Waals surface area contributed by atoms with Crippen molar-refractivity contribution in [2.75, 3.05) is 38.2 Å². The van der Waals surface area contributed by atoms with Crippen LogP contribution in [0.2, 0.25) is 5.02 Å². The number of nitrogens with two attached hydrogens (primary N) is 2. The maximum absolute atomic E-state index is 15.4. The molecule has 30 heteroatoms. The Labute approximate surface area is 590 Å². The summed E-state index contributed by atoms with van der Waals surface area (Å²) in [5.41, 5.74) is 14.1. The van der Waals surface area contributed by atoms with E-state index in [0.29, 0.717) is 92.3 Å². The number of fused-ring (bicyclic) bond motifs is 6. The molecule has 5 heterocycles. The van der Waals surface area contributed by atoms with Crippen LogP contribution in [0.1, 0.15) is 100.0 Å². The molecule has 2 saturated heterocycles. The number of H-pyrrole nitrogens is 2. The standard InChI is InChI=1S/C70H86ClF2N13O12S2/c1-38-62(90)80-54(29-43-33-76-51-17-13-46(72)31-49(43)51)64(92)81-56(30-44-34-77-52-18-14-47(73)32-50(44)52)67(95)85-22-7-10-58(85)65(93)84-60(39(2)87)66(94)82-55(28-40-11-15-48(98-4)16-12-40)68(96)86-23-8-20-70(86,3)69(97)83-57(61(75)89)37-100-36-42-25-41(26-45(71)27-42)35-99-24-19-59(88)79-53(63(91)78-38)9-5-6-21-74/h11-18,25-27,31-34,38-39,53-58,60,76-77,87H,5-10,19-24,28-30,35-37,74H2,1-4H3,(H2,75,89)(H,78,91)(H,79,88)(H,80,90)(H,81,92)(H,82,94)(H,83,97)(H,84,93)/t38-,39-,53+,54+,55+,56+,57+,58+,60+,70+/m1/s1. The molecule has 0 spiro atoms. The van der Waals surface area contributed by atoms with Gasteiger partial charge in [0.15, 0.2) is 0 Å². The Hall–Kier alpha value is -8.77. The van der Waals surface area contributed by atoms with Crippen LogP contribution in [0.25, 0.3) is 21.8 Å². The number of nitrogens with zero attached hydrogens (tertiary/aromatic N) is 2. The summed E-state index contributed by atoms with van der Waals surface area (Å²) < 4.78 is 35.3. The van der Waals surface area contributed by atoms with Gasteiger partial charge in [0.1, 0.15) is 71.3 Å². The summed E-state index contributed by atoms with van der Waals surface area (Å²) in [6.45, 7) is 4.50. The van der Waals surface area contributed by atoms with Gasteiger partial charge in [-0.25, -0.2) is 8.78 Å². The fraction of sp³-hybridized carbons (Fsp3) is 0.457. The fourth-order valence-corrected chi connectivity index (χ4v) is 15.0. The van der Waals surface area contributed by atoms with Gasteiger partial charge in [-0.3, -0.25) is 47.9 Å². The molecule has 14 N–H and O–H groups in total. The van der Waals surface area contributed by atoms with Crippen LogP contribution in [-0.2, 0) is 78.7 Å². The van der Waals surface area contributed by atoms with Gasteiger partial charge in [0, 0.05) is 101 Å². The quantitative estimate of drug-likeness (QED) is 0.0728. The van der Waals surface area contributed by atoms with Crippen LogP contribution in [0.3, 0.4) is 0 Å². The zero-order chi connectivity index (χ0) is 71.9. The van der Waals surface area contributed by atoms with E-state index in [1.54, 1.807) is 43.3 Å². The molecule has 4 aromatic carbocycles. The molecule has 0 aliphatic carbocycles. The molecule has 0 radical (unpaired) electrons. The first-order valence-corrected chi connectivity index (χ1v) is 36.0. The van der Waals surface area contributed by atoms with Crippen molar-refractivity contribution < 1.29 is 66.6 Å². The predicted octanol–water partition coefficient (Wildman–Crippen LogP) is 3.97. The second-order valence-corrected chi connectivity index (χ2v) is 28.4. The summed E-state index contributed by atoms with van der Waals surface area (Å²) in [5.74, 6) is -7.41. The molecular formula is C70H86ClF2N13O12S2. The van der Waals surface area contributed by atoms with Crippen LogP contribution in [-0.4, -0.2) is 182 Å². The highest BCUT2D eigenvalue weighted by Crippen LogP contribution is 2.32. The zero-order valence-electron chi connectivity index (χ0n) is 56.0. The number of benzene rings is 4. The molecule has 2 bridgehead atoms. The first kappa shape index (κ1) is 75.4. The number of carbonyl (C=O) groups excluding carboxylic acids is 10. The van der Waals surface area contributed by atoms with Crippen LogP contribution >= 0.6 is 35.1 Å². The largest absolute Gasteiger partial charge is 0.497 e. The second-order valence-electron chi connectivity index (χ2n) is 25.8. The van der Waals surface area contributed by atoms with E-state index in [-0.39, 0.29) is 70.2 Å². The molecule has 100 heavy (non-hydrogen) atoms. The predicted molar refractivity (Wildman–Crippen MR) is 376 cm³/mol. The topological polar surface area (TPSA) is 374 Å². The van der Waals surface area contributed by atoms with Gasteiger partial charge in [-0.15, -0.1) is 0 Å². The monoisotopic (exact) mass is 1440 g/mol. The van der Waals surface area contributed by atoms with Gasteiger partial charge in [0.25, 0.3) is 0 Å². The summed E-state index contributed by atoms with van der Waals surface area (Å²) in [5, 5.41) is 31.7. The Balaban J connectivity index is 1.05. The Morgan fingerprint density at radius 2 is 1.31 bits per heavy atom. The number of primary amides is 1. The molecule has 3 aliphatic rings. The van der Waals surface area contributed by atoms with Gasteiger partial charge in [-0.05, 0) is 161 Å². The third-order valence-electron chi connectivity index (χ3n) is 18.4. The van der Waals surface area contributed by atoms with Gasteiger partial charge in [0.2, 0.25) is 59.1 Å². The first-order valence-electron chi connectivity index (χ1n) is 33.3. The van der Waals surface area contributed by atoms with Gasteiger partial charge < -0.3 is 78.3 Å². The van der Waals surface area contributed by atoms with Gasteiger partial charge in [-0.2, -0.15) is 23.5 Å². The van der Waals surface area contributed by atoms with Crippen LogP contribution < -0.4 is 53.4 Å². The molecule has 10 amide bonds. The number of aliphatic hydroxyl groups is 1. The minimum atomic E-state index is -1.76. The number of thioether (sulfide) groups is 2. The van der Waals surface area contributed by atoms with E-state index in [1.807, 2.05) is 6.07 Å². The van der Waals surface area contributed by atoms with E-state index in [2.05, 4.69) is 47.2 Å². The van der Waals surface area contributed by atoms with Crippen LogP contribution in [0.5, 0.6) is 5.75 Å². The normalized spacial score (nSPS) is 24.6. The van der Waals surface area contributed by atoms with E-state index in [1.165, 1.54) is 103 Å². The summed E-state index contributed by atoms with van der Waals surface area (Å²) in [6, 6.07) is 8.78. The van der Waals surface area contributed by atoms with Crippen LogP contribution in [0.4, 0.5) is 8.78 Å². The lowest BCUT2D eigenvalue weighted by Crippen LogP contribution is -2.64. The van der Waals surface area contributed by atoms with Gasteiger partial charge in [-0.1, -0.05) is 29.8 Å². The molecule has 6 aromatic rings. The fourth-order valence-electron chi connectivity index (χ4n) is 12.9. The number of methoxy groups -OCH3 is 1. The number of carbonyl (C=O) groups is 10. The molecule has 2 aromatic heterocycles. The summed E-state index contributed by atoms with van der Waals surface area (Å²) in [7, 11) is 1.48. The Kier molecular flexibility index (Phi) is 26.1. The summed E-state index contributed by atoms with van der Waals surface area (Å²) in [4.78, 5) is 154. The van der Waals surface area contributed by atoms with Gasteiger partial charge >= 0.3 is 0 Å². The molecule has 0 unspecified atom stereocenters. The highest BCUT2D eigenvalue weighted by atomic mass is 35.5. The smallest absolute Gasteiger partial charge is 0.246 e. The van der Waals surface area contributed by atoms with Crippen molar-refractivity contribution >= 4 is 116 Å². The molecule has 536 valence electrons. The number of aromatic nitrogens is 2. The van der Waals surface area contributed by atoms with E-state index in [0.717, 1.165) is 11.1 Å². The molecule has 25 nitrogen and oxygen atoms in total. The maximum Gasteiger partial charge on any atom is 0.246 e. The van der Waals surface area contributed by atoms with E-state index in [4.69, 9.17) is 27.8 Å². The molecule has 2 fully saturated rings. The molecule has 10 atom stereocenters. The van der Waals surface area contributed by atoms with Crippen molar-refractivity contribution in [3.8, 4) is 5.75 Å². The molecule has 0 saturated carbocycles. The Morgan fingerprint density at radius 1 is 0.700 bits per heavy atom. The van der Waals surface area contributed by atoms with Crippen molar-refractivity contribution in [1.82, 2.24) is 57.0 Å². The molecule has 9 rings (SSSR count). The SMILES string of the molecule is COc1ccc(C[C@@H]2NC(=O)[C@H]([C@@H](C)O)NC(=O)[C@@H]3CCCN3C(=O)[C@H](Cc3c[nH]c4ccc(F)cc34)NC(=O)[C@H](Cc3c[nH]c4ccc(F)cc34)NC(=O)[C@@H](C)NC(=O)[C@H](CCCCN)NC(=O)CCSCc3cc(Cl)cc(c3)CSC[C@@H](C(N)=O)NC(=O)[C@]3(C)CCCN3C2=O)cc1. The number of halogens is 3. The minimum Gasteiger partial charge on any atom is -0.497 e. The van der Waals surface area contributed by atoms with Crippen LogP contribution in [0, 0.1) is 11.6 Å². The highest BCUT2D eigenvalue weighted by molar-refractivity contribution is 7.98. The number of unbranched alkanes of at least 4 members (excludes halogenated alkanes) is 1. The number of aliphatic hydroxyl groups excluding tert-OH is 1. The van der Waals surface area contributed by atoms with E-state index >= 15 is 18.8 Å². The third kappa shape index (κ3) is 19.2. The van der Waals surface area contributed by atoms with Crippen molar-refractivity contribution in [1.29, 1.82) is 0 Å². The lowest BCUT2D eigenvalue weighted by molar-refractivity contribution is -0.147. The number of rotatable bonds is 13. The second kappa shape index (κ2) is 34.5. The first-order chi connectivity index (χ1) is 47.8. The van der Waals surface area contributed by atoms with E-state index < -0.39 is 131 Å². The average Bonchev–Trinajstić information content (AvgIpc) is 1.58.